The van der Waals surface area contributed by atoms with Crippen LogP contribution in [0.4, 0.5) is 11.4 Å². The third kappa shape index (κ3) is 5.11. The highest BCUT2D eigenvalue weighted by Crippen LogP contribution is 2.50. The topological polar surface area (TPSA) is 153 Å². The summed E-state index contributed by atoms with van der Waals surface area (Å²) in [6, 6.07) is 8.43. The van der Waals surface area contributed by atoms with E-state index in [1.807, 2.05) is 0 Å². The van der Waals surface area contributed by atoms with Gasteiger partial charge in [-0.1, -0.05) is 18.2 Å². The number of anilines is 2. The molecule has 0 spiro atoms. The molecule has 0 radical (unpaired) electrons. The number of nitrogens with one attached hydrogen (secondary N) is 2. The van der Waals surface area contributed by atoms with Crippen molar-refractivity contribution in [3.63, 3.8) is 0 Å². The summed E-state index contributed by atoms with van der Waals surface area (Å²) in [6.07, 6.45) is 4.20. The number of carboxylic acid groups (broad SMARTS) is 1. The van der Waals surface area contributed by atoms with Gasteiger partial charge in [-0.3, -0.25) is 9.52 Å². The van der Waals surface area contributed by atoms with Crippen LogP contribution < -0.4 is 14.8 Å². The van der Waals surface area contributed by atoms with Crippen LogP contribution in [0.15, 0.2) is 36.5 Å². The minimum absolute atomic E-state index is 0.106. The van der Waals surface area contributed by atoms with E-state index in [0.29, 0.717) is 11.4 Å². The SMILES string of the molecule is COc1c(NC(=O)c2ccc(C)c(-n3cc(C(=O)O)nn3)c2)cc(C2(C)CC2)cc1NS(C)(=O)=O. The number of hydrogen-bond acceptors (Lipinski definition) is 7. The largest absolute Gasteiger partial charge is 0.492 e. The van der Waals surface area contributed by atoms with E-state index in [0.717, 1.165) is 30.2 Å². The molecule has 4 rings (SSSR count). The van der Waals surface area contributed by atoms with Gasteiger partial charge in [-0.25, -0.2) is 17.9 Å². The summed E-state index contributed by atoms with van der Waals surface area (Å²) < 4.78 is 33.1. The molecule has 1 fully saturated rings. The molecule has 11 nitrogen and oxygen atoms in total. The van der Waals surface area contributed by atoms with Gasteiger partial charge in [0.25, 0.3) is 5.91 Å². The highest BCUT2D eigenvalue weighted by atomic mass is 32.2. The van der Waals surface area contributed by atoms with Gasteiger partial charge in [-0.15, -0.1) is 5.10 Å². The number of carboxylic acids is 1. The average Bonchev–Trinajstić information content (AvgIpc) is 3.33. The van der Waals surface area contributed by atoms with Crippen molar-refractivity contribution < 1.29 is 27.9 Å². The van der Waals surface area contributed by atoms with Gasteiger partial charge >= 0.3 is 5.97 Å². The molecule has 35 heavy (non-hydrogen) atoms. The van der Waals surface area contributed by atoms with Crippen LogP contribution in [0, 0.1) is 6.92 Å². The number of methoxy groups -OCH3 is 1. The van der Waals surface area contributed by atoms with Gasteiger partial charge in [-0.05, 0) is 60.6 Å². The Morgan fingerprint density at radius 3 is 2.43 bits per heavy atom. The summed E-state index contributed by atoms with van der Waals surface area (Å²) in [7, 11) is -2.20. The van der Waals surface area contributed by atoms with Crippen LogP contribution >= 0.6 is 0 Å². The second-order valence-electron chi connectivity index (χ2n) is 8.85. The van der Waals surface area contributed by atoms with Crippen LogP contribution in [0.3, 0.4) is 0 Å². The molecular formula is C23H25N5O6S. The van der Waals surface area contributed by atoms with Crippen molar-refractivity contribution in [3.05, 3.63) is 58.9 Å². The van der Waals surface area contributed by atoms with Gasteiger partial charge in [-0.2, -0.15) is 0 Å². The van der Waals surface area contributed by atoms with Crippen molar-refractivity contribution >= 4 is 33.3 Å². The predicted octanol–water partition coefficient (Wildman–Crippen LogP) is 2.96. The lowest BCUT2D eigenvalue weighted by molar-refractivity contribution is 0.0690. The third-order valence-electron chi connectivity index (χ3n) is 5.96. The van der Waals surface area contributed by atoms with Crippen molar-refractivity contribution in [3.8, 4) is 11.4 Å². The second kappa shape index (κ2) is 8.69. The molecule has 2 aromatic carbocycles. The molecule has 3 N–H and O–H groups in total. The van der Waals surface area contributed by atoms with E-state index in [4.69, 9.17) is 9.84 Å². The van der Waals surface area contributed by atoms with Crippen molar-refractivity contribution in [2.45, 2.75) is 32.1 Å². The van der Waals surface area contributed by atoms with Crippen molar-refractivity contribution in [2.24, 2.45) is 0 Å². The minimum Gasteiger partial charge on any atom is -0.492 e. The van der Waals surface area contributed by atoms with Gasteiger partial charge in [0.15, 0.2) is 11.4 Å². The standard InChI is InChI=1S/C23H25N5O6S/c1-13-5-6-14(9-19(13)28-12-18(22(30)31)25-27-28)21(29)24-16-10-15(23(2)7-8-23)11-17(20(16)34-3)26-35(4,32)33/h5-6,9-12,26H,7-8H2,1-4H3,(H,24,29)(H,30,31). The number of carbonyl (C=O) groups excluding carboxylic acids is 1. The van der Waals surface area contributed by atoms with E-state index in [-0.39, 0.29) is 28.1 Å². The molecule has 0 aliphatic heterocycles. The normalized spacial score (nSPS) is 14.3. The van der Waals surface area contributed by atoms with Crippen LogP contribution in [-0.4, -0.2) is 53.8 Å². The first kappa shape index (κ1) is 24.2. The number of nitrogens with zero attached hydrogens (tertiary/aromatic N) is 3. The van der Waals surface area contributed by atoms with Crippen LogP contribution in [0.25, 0.3) is 5.69 Å². The van der Waals surface area contributed by atoms with E-state index in [2.05, 4.69) is 27.3 Å². The lowest BCUT2D eigenvalue weighted by Crippen LogP contribution is -2.17. The summed E-state index contributed by atoms with van der Waals surface area (Å²) >= 11 is 0. The first-order chi connectivity index (χ1) is 16.4. The molecule has 1 heterocycles. The first-order valence-electron chi connectivity index (χ1n) is 10.7. The van der Waals surface area contributed by atoms with Gasteiger partial charge in [0.05, 0.1) is 36.6 Å². The van der Waals surface area contributed by atoms with Crippen molar-refractivity contribution in [2.75, 3.05) is 23.4 Å². The minimum atomic E-state index is -3.59. The second-order valence-corrected chi connectivity index (χ2v) is 10.6. The van der Waals surface area contributed by atoms with Crippen LogP contribution in [0.1, 0.15) is 51.7 Å². The van der Waals surface area contributed by atoms with E-state index < -0.39 is 21.9 Å². The zero-order chi connectivity index (χ0) is 25.5. The number of benzene rings is 2. The fourth-order valence-electron chi connectivity index (χ4n) is 3.71. The molecule has 184 valence electrons. The molecule has 0 bridgehead atoms. The molecule has 0 unspecified atom stereocenters. The first-order valence-corrected chi connectivity index (χ1v) is 12.6. The molecule has 0 atom stereocenters. The number of aryl methyl sites for hydroxylation is 1. The Morgan fingerprint density at radius 2 is 1.86 bits per heavy atom. The van der Waals surface area contributed by atoms with E-state index in [1.54, 1.807) is 37.3 Å². The number of sulfonamides is 1. The van der Waals surface area contributed by atoms with Crippen molar-refractivity contribution in [1.82, 2.24) is 15.0 Å². The Morgan fingerprint density at radius 1 is 1.17 bits per heavy atom. The number of amides is 1. The summed E-state index contributed by atoms with van der Waals surface area (Å²) in [5.74, 6) is -1.49. The van der Waals surface area contributed by atoms with Gasteiger partial charge in [0.2, 0.25) is 10.0 Å². The summed E-state index contributed by atoms with van der Waals surface area (Å²) in [5, 5.41) is 19.4. The molecule has 1 aliphatic rings. The van der Waals surface area contributed by atoms with Crippen LogP contribution in [0.5, 0.6) is 5.75 Å². The smallest absolute Gasteiger partial charge is 0.358 e. The zero-order valence-corrected chi connectivity index (χ0v) is 20.4. The number of aromatic nitrogens is 3. The quantitative estimate of drug-likeness (QED) is 0.428. The number of aromatic carboxylic acids is 1. The summed E-state index contributed by atoms with van der Waals surface area (Å²) in [4.78, 5) is 24.4. The lowest BCUT2D eigenvalue weighted by atomic mass is 9.96. The molecule has 3 aromatic rings. The molecule has 1 saturated carbocycles. The maximum absolute atomic E-state index is 13.2. The molecular weight excluding hydrogens is 474 g/mol. The highest BCUT2D eigenvalue weighted by molar-refractivity contribution is 7.92. The Balaban J connectivity index is 1.71. The van der Waals surface area contributed by atoms with Gasteiger partial charge in [0, 0.05) is 5.56 Å². The fraction of sp³-hybridized carbons (Fsp3) is 0.304. The van der Waals surface area contributed by atoms with Gasteiger partial charge in [0.1, 0.15) is 0 Å². The maximum atomic E-state index is 13.2. The van der Waals surface area contributed by atoms with E-state index >= 15 is 0 Å². The summed E-state index contributed by atoms with van der Waals surface area (Å²) in [6.45, 7) is 3.87. The monoisotopic (exact) mass is 499 g/mol. The van der Waals surface area contributed by atoms with Crippen molar-refractivity contribution in [1.29, 1.82) is 0 Å². The fourth-order valence-corrected chi connectivity index (χ4v) is 4.26. The number of rotatable bonds is 8. The number of carbonyl (C=O) groups is 2. The lowest BCUT2D eigenvalue weighted by Gasteiger charge is -2.19. The third-order valence-corrected chi connectivity index (χ3v) is 6.55. The Kier molecular flexibility index (Phi) is 6.01. The van der Waals surface area contributed by atoms with Crippen LogP contribution in [-0.2, 0) is 15.4 Å². The van der Waals surface area contributed by atoms with E-state index in [9.17, 15) is 18.0 Å². The number of ether oxygens (including phenoxy) is 1. The highest BCUT2D eigenvalue weighted by Gasteiger charge is 2.40. The maximum Gasteiger partial charge on any atom is 0.358 e. The Labute approximate surface area is 202 Å². The zero-order valence-electron chi connectivity index (χ0n) is 19.6. The molecule has 12 heteroatoms. The van der Waals surface area contributed by atoms with Crippen LogP contribution in [0.2, 0.25) is 0 Å². The molecule has 1 aromatic heterocycles. The Bertz CT molecular complexity index is 1440. The predicted molar refractivity (Wildman–Crippen MR) is 129 cm³/mol. The summed E-state index contributed by atoms with van der Waals surface area (Å²) in [5.41, 5.74) is 2.64. The molecule has 1 aliphatic carbocycles. The number of hydrogen-bond donors (Lipinski definition) is 3. The molecule has 0 saturated heterocycles. The average molecular weight is 500 g/mol. The van der Waals surface area contributed by atoms with Gasteiger partial charge < -0.3 is 15.2 Å². The Hall–Kier alpha value is -3.93. The van der Waals surface area contributed by atoms with E-state index in [1.165, 1.54) is 18.0 Å². The molecule has 1 amide bonds.